The van der Waals surface area contributed by atoms with E-state index in [1.165, 1.54) is 40.9 Å². The Kier molecular flexibility index (Phi) is 7.66. The van der Waals surface area contributed by atoms with Crippen LogP contribution in [-0.4, -0.2) is 38.0 Å². The quantitative estimate of drug-likeness (QED) is 0.264. The van der Waals surface area contributed by atoms with Crippen LogP contribution in [-0.2, 0) is 12.7 Å². The highest BCUT2D eigenvalue weighted by molar-refractivity contribution is 7.99. The Bertz CT molecular complexity index is 1270. The van der Waals surface area contributed by atoms with Gasteiger partial charge in [-0.2, -0.15) is 13.2 Å². The van der Waals surface area contributed by atoms with Gasteiger partial charge in [0.15, 0.2) is 11.0 Å². The second kappa shape index (κ2) is 11.0. The summed E-state index contributed by atoms with van der Waals surface area (Å²) in [6.45, 7) is 0.323. The molecule has 7 nitrogen and oxygen atoms in total. The third kappa shape index (κ3) is 6.38. The smallest absolute Gasteiger partial charge is 0.416 e. The summed E-state index contributed by atoms with van der Waals surface area (Å²) >= 11 is 1.29. The van der Waals surface area contributed by atoms with Crippen LogP contribution in [0.4, 0.5) is 13.2 Å². The number of carbonyl (C=O) groups is 1. The molecule has 0 atom stereocenters. The van der Waals surface area contributed by atoms with Crippen LogP contribution in [0.1, 0.15) is 21.7 Å². The van der Waals surface area contributed by atoms with Crippen molar-refractivity contribution in [2.24, 2.45) is 0 Å². The van der Waals surface area contributed by atoms with E-state index in [9.17, 15) is 18.0 Å². The molecular formula is C24H20F3N5O2S. The number of halogens is 3. The Morgan fingerprint density at radius 3 is 2.51 bits per heavy atom. The van der Waals surface area contributed by atoms with E-state index in [1.54, 1.807) is 12.1 Å². The molecule has 0 saturated carbocycles. The Morgan fingerprint density at radius 2 is 1.77 bits per heavy atom. The molecule has 0 unspecified atom stereocenters. The van der Waals surface area contributed by atoms with E-state index in [0.29, 0.717) is 34.7 Å². The molecule has 0 bridgehead atoms. The number of benzene rings is 2. The summed E-state index contributed by atoms with van der Waals surface area (Å²) in [6, 6.07) is 17.3. The summed E-state index contributed by atoms with van der Waals surface area (Å²) in [5, 5.41) is 11.4. The minimum absolute atomic E-state index is 0.0362. The summed E-state index contributed by atoms with van der Waals surface area (Å²) < 4.78 is 47.2. The average molecular weight is 500 g/mol. The Labute approximate surface area is 203 Å². The van der Waals surface area contributed by atoms with Crippen molar-refractivity contribution in [2.75, 3.05) is 12.4 Å². The third-order valence-electron chi connectivity index (χ3n) is 4.81. The number of rotatable bonds is 9. The first-order chi connectivity index (χ1) is 16.9. The monoisotopic (exact) mass is 499 g/mol. The van der Waals surface area contributed by atoms with Crippen LogP contribution in [0.15, 0.2) is 84.3 Å². The highest BCUT2D eigenvalue weighted by Crippen LogP contribution is 2.31. The molecule has 0 aliphatic carbocycles. The molecule has 35 heavy (non-hydrogen) atoms. The maximum absolute atomic E-state index is 13.3. The maximum atomic E-state index is 13.3. The van der Waals surface area contributed by atoms with E-state index >= 15 is 0 Å². The van der Waals surface area contributed by atoms with Gasteiger partial charge in [0, 0.05) is 23.7 Å². The van der Waals surface area contributed by atoms with E-state index < -0.39 is 11.7 Å². The van der Waals surface area contributed by atoms with Crippen LogP contribution >= 0.6 is 11.8 Å². The highest BCUT2D eigenvalue weighted by atomic mass is 32.2. The summed E-state index contributed by atoms with van der Waals surface area (Å²) in [4.78, 5) is 16.3. The van der Waals surface area contributed by atoms with E-state index in [4.69, 9.17) is 4.74 Å². The molecular weight excluding hydrogens is 479 g/mol. The van der Waals surface area contributed by atoms with Crippen molar-refractivity contribution in [3.63, 3.8) is 0 Å². The average Bonchev–Trinajstić information content (AvgIpc) is 3.28. The second-order valence-electron chi connectivity index (χ2n) is 7.21. The van der Waals surface area contributed by atoms with Crippen molar-refractivity contribution in [1.29, 1.82) is 0 Å². The number of alkyl halides is 3. The number of nitrogens with zero attached hydrogens (tertiary/aromatic N) is 4. The fourth-order valence-electron chi connectivity index (χ4n) is 3.16. The zero-order chi connectivity index (χ0) is 24.7. The number of hydrogen-bond acceptors (Lipinski definition) is 6. The zero-order valence-corrected chi connectivity index (χ0v) is 19.1. The van der Waals surface area contributed by atoms with Gasteiger partial charge in [0.25, 0.3) is 5.91 Å². The van der Waals surface area contributed by atoms with Crippen LogP contribution in [0, 0.1) is 0 Å². The number of aromatic nitrogens is 4. The number of para-hydroxylation sites is 1. The highest BCUT2D eigenvalue weighted by Gasteiger charge is 2.31. The minimum Gasteiger partial charge on any atom is -0.493 e. The molecule has 0 radical (unpaired) electrons. The molecule has 2 aromatic carbocycles. The number of hydrogen-bond donors (Lipinski definition) is 1. The lowest BCUT2D eigenvalue weighted by atomic mass is 10.2. The first-order valence-electron chi connectivity index (χ1n) is 10.5. The number of amides is 1. The van der Waals surface area contributed by atoms with Gasteiger partial charge in [-0.05, 0) is 42.5 Å². The third-order valence-corrected chi connectivity index (χ3v) is 5.70. The summed E-state index contributed by atoms with van der Waals surface area (Å²) in [6.07, 6.45) is -1.52. The van der Waals surface area contributed by atoms with Crippen molar-refractivity contribution in [1.82, 2.24) is 25.1 Å². The fourth-order valence-corrected chi connectivity index (χ4v) is 3.95. The van der Waals surface area contributed by atoms with Crippen LogP contribution in [0.25, 0.3) is 5.69 Å². The molecule has 0 saturated heterocycles. The van der Waals surface area contributed by atoms with Crippen molar-refractivity contribution in [3.8, 4) is 11.4 Å². The fraction of sp³-hybridized carbons (Fsp3) is 0.167. The molecule has 180 valence electrons. The molecule has 0 fully saturated rings. The van der Waals surface area contributed by atoms with Gasteiger partial charge in [-0.25, -0.2) is 0 Å². The Hall–Kier alpha value is -3.86. The molecule has 4 rings (SSSR count). The zero-order valence-electron chi connectivity index (χ0n) is 18.3. The van der Waals surface area contributed by atoms with Crippen LogP contribution in [0.2, 0.25) is 0 Å². The Balaban J connectivity index is 1.54. The van der Waals surface area contributed by atoms with Crippen molar-refractivity contribution < 1.29 is 22.7 Å². The molecule has 0 spiro atoms. The number of ether oxygens (including phenoxy) is 1. The largest absolute Gasteiger partial charge is 0.493 e. The summed E-state index contributed by atoms with van der Waals surface area (Å²) in [7, 11) is 0. The SMILES string of the molecule is O=C(NCc1nnc(SCCOc2ccccc2)n1-c1cccc(C(F)(F)F)c1)c1ccncc1. The van der Waals surface area contributed by atoms with Crippen molar-refractivity contribution >= 4 is 17.7 Å². The number of nitrogens with one attached hydrogen (secondary N) is 1. The first-order valence-corrected chi connectivity index (χ1v) is 11.5. The summed E-state index contributed by atoms with van der Waals surface area (Å²) in [5.74, 6) is 1.12. The maximum Gasteiger partial charge on any atom is 0.416 e. The molecule has 0 aliphatic heterocycles. The van der Waals surface area contributed by atoms with Gasteiger partial charge in [-0.1, -0.05) is 36.0 Å². The predicted octanol–water partition coefficient (Wildman–Crippen LogP) is 4.78. The van der Waals surface area contributed by atoms with E-state index in [-0.39, 0.29) is 18.1 Å². The van der Waals surface area contributed by atoms with Crippen LogP contribution in [0.3, 0.4) is 0 Å². The molecule has 11 heteroatoms. The standard InChI is InChI=1S/C24H20F3N5O2S/c25-24(26,27)18-5-4-6-19(15-18)32-21(16-29-22(33)17-9-11-28-12-10-17)30-31-23(32)35-14-13-34-20-7-2-1-3-8-20/h1-12,15H,13-14,16H2,(H,29,33). The number of thioether (sulfide) groups is 1. The Morgan fingerprint density at radius 1 is 1.00 bits per heavy atom. The molecule has 0 aliphatic rings. The van der Waals surface area contributed by atoms with Gasteiger partial charge < -0.3 is 10.1 Å². The van der Waals surface area contributed by atoms with Gasteiger partial charge in [-0.3, -0.25) is 14.3 Å². The van der Waals surface area contributed by atoms with Crippen LogP contribution < -0.4 is 10.1 Å². The molecule has 2 heterocycles. The van der Waals surface area contributed by atoms with Gasteiger partial charge in [0.1, 0.15) is 5.75 Å². The van der Waals surface area contributed by atoms with Gasteiger partial charge in [0.05, 0.1) is 24.4 Å². The number of pyridine rings is 1. The normalized spacial score (nSPS) is 11.3. The van der Waals surface area contributed by atoms with Gasteiger partial charge in [0.2, 0.25) is 0 Å². The van der Waals surface area contributed by atoms with E-state index in [2.05, 4.69) is 20.5 Å². The van der Waals surface area contributed by atoms with Gasteiger partial charge >= 0.3 is 6.18 Å². The van der Waals surface area contributed by atoms with E-state index in [1.807, 2.05) is 30.3 Å². The minimum atomic E-state index is -4.50. The van der Waals surface area contributed by atoms with E-state index in [0.717, 1.165) is 12.1 Å². The predicted molar refractivity (Wildman–Crippen MR) is 124 cm³/mol. The van der Waals surface area contributed by atoms with Gasteiger partial charge in [-0.15, -0.1) is 10.2 Å². The number of carbonyl (C=O) groups excluding carboxylic acids is 1. The molecule has 4 aromatic rings. The van der Waals surface area contributed by atoms with Crippen molar-refractivity contribution in [2.45, 2.75) is 17.9 Å². The lowest BCUT2D eigenvalue weighted by Gasteiger charge is -2.13. The lowest BCUT2D eigenvalue weighted by Crippen LogP contribution is -2.24. The summed E-state index contributed by atoms with van der Waals surface area (Å²) in [5.41, 5.74) is -0.152. The van der Waals surface area contributed by atoms with Crippen LogP contribution in [0.5, 0.6) is 5.75 Å². The van der Waals surface area contributed by atoms with Crippen molar-refractivity contribution in [3.05, 3.63) is 96.1 Å². The lowest BCUT2D eigenvalue weighted by molar-refractivity contribution is -0.137. The first kappa shape index (κ1) is 24.3. The molecule has 1 amide bonds. The molecule has 1 N–H and O–H groups in total. The molecule has 2 aromatic heterocycles. The second-order valence-corrected chi connectivity index (χ2v) is 8.27. The topological polar surface area (TPSA) is 81.9 Å².